The first-order valence-corrected chi connectivity index (χ1v) is 14.4. The molecule has 2 heterocycles. The van der Waals surface area contributed by atoms with Crippen molar-refractivity contribution >= 4 is 66.4 Å². The summed E-state index contributed by atoms with van der Waals surface area (Å²) in [5, 5.41) is 19.3. The summed E-state index contributed by atoms with van der Waals surface area (Å²) in [5.74, 6) is -0.663. The number of ether oxygens (including phenoxy) is 4. The minimum Gasteiger partial charge on any atom is -0.493 e. The average molecular weight is 613 g/mol. The van der Waals surface area contributed by atoms with Crippen LogP contribution in [0.3, 0.4) is 0 Å². The maximum Gasteiger partial charge on any atom is 0.303 e. The van der Waals surface area contributed by atoms with Crippen LogP contribution in [0.25, 0.3) is 20.2 Å². The van der Waals surface area contributed by atoms with Gasteiger partial charge in [0.15, 0.2) is 34.6 Å². The zero-order valence-electron chi connectivity index (χ0n) is 22.9. The van der Waals surface area contributed by atoms with Crippen molar-refractivity contribution < 1.29 is 48.3 Å². The minimum atomic E-state index is -1.02. The summed E-state index contributed by atoms with van der Waals surface area (Å²) >= 11 is 2.52. The molecule has 0 aliphatic heterocycles. The second-order valence-electron chi connectivity index (χ2n) is 9.26. The normalized spacial score (nSPS) is 10.9. The van der Waals surface area contributed by atoms with Crippen molar-refractivity contribution in [2.24, 2.45) is 0 Å². The monoisotopic (exact) mass is 612 g/mol. The van der Waals surface area contributed by atoms with Crippen LogP contribution in [-0.2, 0) is 9.59 Å². The number of rotatable bonds is 16. The van der Waals surface area contributed by atoms with E-state index in [1.165, 1.54) is 36.9 Å². The molecule has 220 valence electrons. The van der Waals surface area contributed by atoms with E-state index in [4.69, 9.17) is 29.2 Å². The van der Waals surface area contributed by atoms with Gasteiger partial charge in [0.2, 0.25) is 0 Å². The standard InChI is InChI=1S/C30H28O10S2/c1-16(14-39-23-12-25-17(8-21(23)37-2)10-27(41-25)19(31)4-6-29(33)34)15-40-24-13-26-18(9-22(24)38-3)11-28(42-26)20(32)5-7-30(35)36/h8-13H,1,4-7,14-15H2,2-3H3,(H,33,34)(H,35,36). The molecule has 0 aliphatic carbocycles. The van der Waals surface area contributed by atoms with Gasteiger partial charge in [0.05, 0.1) is 36.8 Å². The Balaban J connectivity index is 1.41. The molecule has 12 heteroatoms. The van der Waals surface area contributed by atoms with Crippen LogP contribution >= 0.6 is 22.7 Å². The predicted molar refractivity (Wildman–Crippen MR) is 159 cm³/mol. The van der Waals surface area contributed by atoms with Gasteiger partial charge in [-0.3, -0.25) is 19.2 Å². The van der Waals surface area contributed by atoms with Crippen LogP contribution in [0.15, 0.2) is 48.6 Å². The highest BCUT2D eigenvalue weighted by Gasteiger charge is 2.17. The second-order valence-corrected chi connectivity index (χ2v) is 11.4. The third kappa shape index (κ3) is 7.45. The van der Waals surface area contributed by atoms with Gasteiger partial charge in [0, 0.05) is 34.4 Å². The van der Waals surface area contributed by atoms with E-state index in [2.05, 4.69) is 6.58 Å². The van der Waals surface area contributed by atoms with Crippen LogP contribution in [-0.4, -0.2) is 61.2 Å². The smallest absolute Gasteiger partial charge is 0.303 e. The van der Waals surface area contributed by atoms with Gasteiger partial charge >= 0.3 is 11.9 Å². The molecule has 0 saturated heterocycles. The lowest BCUT2D eigenvalue weighted by Crippen LogP contribution is -2.09. The molecule has 0 bridgehead atoms. The molecule has 42 heavy (non-hydrogen) atoms. The molecule has 0 radical (unpaired) electrons. The van der Waals surface area contributed by atoms with E-state index in [1.54, 1.807) is 36.4 Å². The summed E-state index contributed by atoms with van der Waals surface area (Å²) in [6, 6.07) is 10.5. The molecule has 0 unspecified atom stereocenters. The number of carbonyl (C=O) groups is 4. The van der Waals surface area contributed by atoms with E-state index >= 15 is 0 Å². The summed E-state index contributed by atoms with van der Waals surface area (Å²) in [4.78, 5) is 47.3. The Morgan fingerprint density at radius 3 is 1.40 bits per heavy atom. The Hall–Kier alpha value is -4.42. The van der Waals surface area contributed by atoms with E-state index in [1.807, 2.05) is 0 Å². The van der Waals surface area contributed by atoms with Crippen LogP contribution in [0.5, 0.6) is 23.0 Å². The van der Waals surface area contributed by atoms with Crippen LogP contribution < -0.4 is 18.9 Å². The van der Waals surface area contributed by atoms with Crippen molar-refractivity contribution in [1.82, 2.24) is 0 Å². The third-order valence-corrected chi connectivity index (χ3v) is 8.43. The summed E-state index contributed by atoms with van der Waals surface area (Å²) in [6.45, 7) is 4.26. The first-order valence-electron chi connectivity index (χ1n) is 12.7. The first kappa shape index (κ1) is 30.5. The minimum absolute atomic E-state index is 0.0707. The Morgan fingerprint density at radius 1 is 0.643 bits per heavy atom. The number of hydrogen-bond acceptors (Lipinski definition) is 10. The van der Waals surface area contributed by atoms with Crippen molar-refractivity contribution in [3.8, 4) is 23.0 Å². The van der Waals surface area contributed by atoms with E-state index in [0.29, 0.717) is 38.3 Å². The lowest BCUT2D eigenvalue weighted by atomic mass is 10.1. The zero-order valence-corrected chi connectivity index (χ0v) is 24.5. The number of methoxy groups -OCH3 is 2. The van der Waals surface area contributed by atoms with Crippen molar-refractivity contribution in [3.63, 3.8) is 0 Å². The van der Waals surface area contributed by atoms with E-state index in [-0.39, 0.29) is 50.5 Å². The molecule has 10 nitrogen and oxygen atoms in total. The maximum absolute atomic E-state index is 12.4. The van der Waals surface area contributed by atoms with Crippen molar-refractivity contribution in [3.05, 3.63) is 58.3 Å². The first-order chi connectivity index (χ1) is 20.1. The zero-order chi connectivity index (χ0) is 30.4. The van der Waals surface area contributed by atoms with Gasteiger partial charge < -0.3 is 29.2 Å². The maximum atomic E-state index is 12.4. The Morgan fingerprint density at radius 2 is 1.05 bits per heavy atom. The largest absolute Gasteiger partial charge is 0.493 e. The molecular formula is C30H28O10S2. The van der Waals surface area contributed by atoms with Crippen LogP contribution in [0.1, 0.15) is 45.0 Å². The summed E-state index contributed by atoms with van der Waals surface area (Å²) in [5.41, 5.74) is 0.616. The highest BCUT2D eigenvalue weighted by atomic mass is 32.1. The molecular weight excluding hydrogens is 584 g/mol. The number of benzene rings is 2. The number of fused-ring (bicyclic) bond motifs is 2. The Labute approximate surface area is 248 Å². The molecule has 0 saturated carbocycles. The molecule has 0 aliphatic rings. The number of carboxylic acid groups (broad SMARTS) is 2. The fourth-order valence-electron chi connectivity index (χ4n) is 4.00. The number of hydrogen-bond donors (Lipinski definition) is 2. The fraction of sp³-hybridized carbons (Fsp3) is 0.267. The lowest BCUT2D eigenvalue weighted by molar-refractivity contribution is -0.137. The molecule has 0 spiro atoms. The number of Topliss-reactive ketones (excluding diaryl/α,β-unsaturated/α-hetero) is 2. The molecule has 4 rings (SSSR count). The van der Waals surface area contributed by atoms with Gasteiger partial charge in [-0.2, -0.15) is 0 Å². The third-order valence-electron chi connectivity index (χ3n) is 6.15. The quantitative estimate of drug-likeness (QED) is 0.110. The summed E-state index contributed by atoms with van der Waals surface area (Å²) in [7, 11) is 3.02. The SMILES string of the molecule is C=C(COc1cc2sc(C(=O)CCC(=O)O)cc2cc1OC)COc1cc2sc(C(=O)CCC(=O)O)cc2cc1OC. The summed E-state index contributed by atoms with van der Waals surface area (Å²) < 4.78 is 24.4. The van der Waals surface area contributed by atoms with Gasteiger partial charge in [-0.05, 0) is 40.6 Å². The summed E-state index contributed by atoms with van der Waals surface area (Å²) in [6.07, 6.45) is -0.591. The van der Waals surface area contributed by atoms with E-state index in [0.717, 1.165) is 20.2 Å². The fourth-order valence-corrected chi connectivity index (χ4v) is 6.08. The number of aliphatic carboxylic acids is 2. The van der Waals surface area contributed by atoms with Gasteiger partial charge in [-0.1, -0.05) is 6.58 Å². The van der Waals surface area contributed by atoms with Gasteiger partial charge in [-0.15, -0.1) is 22.7 Å². The highest BCUT2D eigenvalue weighted by Crippen LogP contribution is 2.39. The molecule has 2 aromatic heterocycles. The van der Waals surface area contributed by atoms with Crippen molar-refractivity contribution in [1.29, 1.82) is 0 Å². The van der Waals surface area contributed by atoms with Gasteiger partial charge in [0.1, 0.15) is 13.2 Å². The number of thiophene rings is 2. The number of carbonyl (C=O) groups excluding carboxylic acids is 2. The Kier molecular flexibility index (Phi) is 9.81. The Bertz CT molecular complexity index is 1560. The molecule has 2 N–H and O–H groups in total. The second kappa shape index (κ2) is 13.5. The molecule has 2 aromatic carbocycles. The number of carboxylic acids is 2. The van der Waals surface area contributed by atoms with E-state index < -0.39 is 11.9 Å². The van der Waals surface area contributed by atoms with Crippen LogP contribution in [0, 0.1) is 0 Å². The lowest BCUT2D eigenvalue weighted by Gasteiger charge is -2.14. The average Bonchev–Trinajstić information content (AvgIpc) is 3.58. The molecule has 0 fully saturated rings. The molecule has 0 amide bonds. The predicted octanol–water partition coefficient (Wildman–Crippen LogP) is 6.24. The number of ketones is 2. The van der Waals surface area contributed by atoms with E-state index in [9.17, 15) is 19.2 Å². The van der Waals surface area contributed by atoms with Crippen LogP contribution in [0.2, 0.25) is 0 Å². The molecule has 0 atom stereocenters. The molecule has 4 aromatic rings. The van der Waals surface area contributed by atoms with Gasteiger partial charge in [-0.25, -0.2) is 0 Å². The highest BCUT2D eigenvalue weighted by molar-refractivity contribution is 7.21. The van der Waals surface area contributed by atoms with Crippen LogP contribution in [0.4, 0.5) is 0 Å². The van der Waals surface area contributed by atoms with Crippen molar-refractivity contribution in [2.75, 3.05) is 27.4 Å². The topological polar surface area (TPSA) is 146 Å². The van der Waals surface area contributed by atoms with Crippen molar-refractivity contribution in [2.45, 2.75) is 25.7 Å². The van der Waals surface area contributed by atoms with Gasteiger partial charge in [0.25, 0.3) is 0 Å².